The minimum atomic E-state index is -0.894. The van der Waals surface area contributed by atoms with Crippen LogP contribution in [0.3, 0.4) is 0 Å². The number of anilines is 3. The first-order valence-electron chi connectivity index (χ1n) is 25.4. The van der Waals surface area contributed by atoms with E-state index in [2.05, 4.69) is 25.5 Å². The molecule has 20 nitrogen and oxygen atoms in total. The number of H-pyrrole nitrogens is 2. The molecule has 3 atom stereocenters. The molecule has 1 saturated heterocycles. The molecule has 2 aliphatic rings. The van der Waals surface area contributed by atoms with Crippen molar-refractivity contribution >= 4 is 108 Å². The molecule has 0 radical (unpaired) electrons. The number of carbonyl (C=O) groups excluding carboxylic acids is 6. The number of alkyl halides is 1. The smallest absolute Gasteiger partial charge is 0.415 e. The molecule has 3 aromatic heterocycles. The Morgan fingerprint density at radius 3 is 2.21 bits per heavy atom. The zero-order chi connectivity index (χ0) is 54.5. The van der Waals surface area contributed by atoms with Gasteiger partial charge in [0.25, 0.3) is 11.8 Å². The quantitative estimate of drug-likeness (QED) is 0.0367. The van der Waals surface area contributed by atoms with Crippen molar-refractivity contribution in [2.75, 3.05) is 81.4 Å². The van der Waals surface area contributed by atoms with Gasteiger partial charge >= 0.3 is 12.2 Å². The van der Waals surface area contributed by atoms with E-state index in [-0.39, 0.29) is 61.9 Å². The van der Waals surface area contributed by atoms with Crippen molar-refractivity contribution in [3.05, 3.63) is 112 Å². The van der Waals surface area contributed by atoms with Crippen LogP contribution >= 0.6 is 22.9 Å². The second-order valence-corrected chi connectivity index (χ2v) is 20.8. The van der Waals surface area contributed by atoms with Gasteiger partial charge in [0.05, 0.1) is 22.5 Å². The average Bonchev–Trinajstić information content (AvgIpc) is 4.31. The van der Waals surface area contributed by atoms with E-state index in [0.717, 1.165) is 57.5 Å². The van der Waals surface area contributed by atoms with Crippen LogP contribution < -0.4 is 42.2 Å². The number of likely N-dealkylation sites (tertiary alicyclic amines) is 1. The fourth-order valence-electron chi connectivity index (χ4n) is 9.55. The van der Waals surface area contributed by atoms with Gasteiger partial charge in [0.1, 0.15) is 30.4 Å². The lowest BCUT2D eigenvalue weighted by Crippen LogP contribution is -2.40. The number of fused-ring (bicyclic) bond motifs is 5. The first-order chi connectivity index (χ1) is 37.0. The minimum absolute atomic E-state index is 0.0520. The largest absolute Gasteiger partial charge is 0.492 e. The fourth-order valence-corrected chi connectivity index (χ4v) is 10.8. The molecule has 4 aromatic carbocycles. The zero-order valence-electron chi connectivity index (χ0n) is 43.0. The molecule has 1 unspecified atom stereocenters. The highest BCUT2D eigenvalue weighted by molar-refractivity contribution is 7.17. The lowest BCUT2D eigenvalue weighted by atomic mass is 9.97. The van der Waals surface area contributed by atoms with Crippen molar-refractivity contribution in [1.29, 1.82) is 0 Å². The SMILES string of the molecule is Cc1csc2c(OC(=O)N(C)CCN(C)C(=O)OCc3ccc(NC(=O)[C@@H](N)CCC(N)C(N)=O)cc3)cc3c(c12)[C@H](CCl)CN3C(=O)c1cc2cc(NC(=O)c3cc4cc(OCCN5CCCC5)ccc4[nH]3)ccc2[nH]1. The first kappa shape index (κ1) is 54.1. The Balaban J connectivity index is 0.801. The summed E-state index contributed by atoms with van der Waals surface area (Å²) in [6, 6.07) is 21.3. The van der Waals surface area contributed by atoms with E-state index in [9.17, 15) is 28.8 Å². The molecule has 0 aliphatic carbocycles. The third-order valence-electron chi connectivity index (χ3n) is 14.0. The monoisotopic (exact) mass is 1090 g/mol. The summed E-state index contributed by atoms with van der Waals surface area (Å²) in [5.74, 6) is -0.663. The average molecular weight is 1090 g/mol. The van der Waals surface area contributed by atoms with Crippen molar-refractivity contribution < 1.29 is 43.0 Å². The van der Waals surface area contributed by atoms with Gasteiger partial charge in [-0.15, -0.1) is 22.9 Å². The maximum Gasteiger partial charge on any atom is 0.415 e. The third kappa shape index (κ3) is 12.5. The summed E-state index contributed by atoms with van der Waals surface area (Å²) in [6.45, 7) is 6.16. The van der Waals surface area contributed by atoms with E-state index in [1.54, 1.807) is 67.5 Å². The molecule has 2 aliphatic heterocycles. The molecule has 6 amide bonds. The van der Waals surface area contributed by atoms with Crippen LogP contribution in [-0.4, -0.2) is 138 Å². The van der Waals surface area contributed by atoms with Gasteiger partial charge in [-0.3, -0.25) is 24.1 Å². The molecule has 77 heavy (non-hydrogen) atoms. The summed E-state index contributed by atoms with van der Waals surface area (Å²) in [5.41, 5.74) is 23.1. The Morgan fingerprint density at radius 1 is 0.818 bits per heavy atom. The number of amides is 6. The summed E-state index contributed by atoms with van der Waals surface area (Å²) in [5, 5.41) is 10.1. The number of benzene rings is 4. The number of nitrogens with one attached hydrogen (secondary N) is 4. The van der Waals surface area contributed by atoms with Crippen molar-refractivity contribution in [3.63, 3.8) is 0 Å². The number of rotatable bonds is 20. The minimum Gasteiger partial charge on any atom is -0.492 e. The predicted octanol–water partition coefficient (Wildman–Crippen LogP) is 7.44. The number of aromatic nitrogens is 2. The van der Waals surface area contributed by atoms with E-state index in [4.69, 9.17) is 43.0 Å². The molecule has 0 bridgehead atoms. The maximum absolute atomic E-state index is 14.5. The van der Waals surface area contributed by atoms with Gasteiger partial charge in [0.15, 0.2) is 5.75 Å². The number of primary amides is 1. The molecule has 404 valence electrons. The van der Waals surface area contributed by atoms with E-state index in [1.165, 1.54) is 34.0 Å². The molecular weight excluding hydrogens is 1030 g/mol. The lowest BCUT2D eigenvalue weighted by Gasteiger charge is -2.22. The number of hydrogen-bond donors (Lipinski definition) is 7. The highest BCUT2D eigenvalue weighted by Crippen LogP contribution is 2.49. The van der Waals surface area contributed by atoms with Crippen molar-refractivity contribution in [1.82, 2.24) is 24.7 Å². The molecule has 0 saturated carbocycles. The third-order valence-corrected chi connectivity index (χ3v) is 15.5. The van der Waals surface area contributed by atoms with Crippen LogP contribution in [0.2, 0.25) is 0 Å². The molecule has 9 rings (SSSR count). The van der Waals surface area contributed by atoms with Gasteiger partial charge in [0.2, 0.25) is 11.8 Å². The topological polar surface area (TPSA) is 277 Å². The Labute approximate surface area is 453 Å². The highest BCUT2D eigenvalue weighted by Gasteiger charge is 2.37. The molecule has 5 heterocycles. The Bertz CT molecular complexity index is 3350. The number of hydrogen-bond acceptors (Lipinski definition) is 13. The zero-order valence-corrected chi connectivity index (χ0v) is 44.6. The Morgan fingerprint density at radius 2 is 1.48 bits per heavy atom. The summed E-state index contributed by atoms with van der Waals surface area (Å²) in [7, 11) is 3.11. The maximum atomic E-state index is 14.5. The van der Waals surface area contributed by atoms with Gasteiger partial charge in [-0.1, -0.05) is 12.1 Å². The van der Waals surface area contributed by atoms with Crippen LogP contribution in [0.4, 0.5) is 26.7 Å². The molecule has 22 heteroatoms. The number of nitrogens with two attached hydrogens (primary N) is 3. The number of ether oxygens (including phenoxy) is 3. The van der Waals surface area contributed by atoms with E-state index in [0.29, 0.717) is 58.1 Å². The van der Waals surface area contributed by atoms with Crippen molar-refractivity contribution in [2.45, 2.75) is 57.2 Å². The van der Waals surface area contributed by atoms with Crippen LogP contribution in [0.15, 0.2) is 84.2 Å². The number of carbonyl (C=O) groups is 6. The van der Waals surface area contributed by atoms with Crippen molar-refractivity contribution in [2.24, 2.45) is 17.2 Å². The number of thiophene rings is 1. The van der Waals surface area contributed by atoms with Crippen LogP contribution in [0.25, 0.3) is 31.9 Å². The number of aromatic amines is 2. The van der Waals surface area contributed by atoms with Crippen LogP contribution in [0.5, 0.6) is 11.5 Å². The van der Waals surface area contributed by atoms with Gasteiger partial charge in [-0.25, -0.2) is 9.59 Å². The second-order valence-electron chi connectivity index (χ2n) is 19.6. The summed E-state index contributed by atoms with van der Waals surface area (Å²) >= 11 is 8.04. The lowest BCUT2D eigenvalue weighted by molar-refractivity contribution is -0.120. The molecule has 0 spiro atoms. The first-order valence-corrected chi connectivity index (χ1v) is 26.8. The molecular formula is C55H62ClN11O9S. The standard InChI is InChI=1S/C55H62ClN11O9S/c1-31-30-77-49-46(76-55(73)65(3)19-18-64(2)54(72)75-29-32-6-8-36(9-7-32)60-51(69)40(58)13-12-39(57)50(59)68)26-45-48(47(31)49)35(27-56)28-67(45)53(71)44-25-33-22-37(10-14-41(33)63-44)61-52(70)43-24-34-23-38(11-15-42(34)62-43)74-21-20-66-16-4-5-17-66/h6-11,14-15,22-26,30,35,39-40,62-63H,4-5,12-13,16-21,27-29,57-58H2,1-3H3,(H2,59,68)(H,60,69)(H,61,70)/t35-,39?,40+/m1/s1. The van der Waals surface area contributed by atoms with Gasteiger partial charge in [-0.2, -0.15) is 0 Å². The second kappa shape index (κ2) is 23.7. The summed E-state index contributed by atoms with van der Waals surface area (Å²) in [6.07, 6.45) is 1.52. The molecule has 10 N–H and O–H groups in total. The van der Waals surface area contributed by atoms with Crippen molar-refractivity contribution in [3.8, 4) is 11.5 Å². The van der Waals surface area contributed by atoms with Crippen LogP contribution in [0.1, 0.15) is 69.3 Å². The molecule has 7 aromatic rings. The van der Waals surface area contributed by atoms with E-state index in [1.807, 2.05) is 42.6 Å². The van der Waals surface area contributed by atoms with Crippen LogP contribution in [-0.2, 0) is 20.9 Å². The Kier molecular flexibility index (Phi) is 16.6. The predicted molar refractivity (Wildman–Crippen MR) is 298 cm³/mol. The number of aryl methyl sites for hydroxylation is 1. The van der Waals surface area contributed by atoms with E-state index >= 15 is 0 Å². The highest BCUT2D eigenvalue weighted by atomic mass is 35.5. The normalized spacial score (nSPS) is 15.1. The van der Waals surface area contributed by atoms with Gasteiger partial charge in [0, 0.05) is 96.7 Å². The van der Waals surface area contributed by atoms with Crippen LogP contribution in [0, 0.1) is 6.92 Å². The van der Waals surface area contributed by atoms with Gasteiger partial charge < -0.3 is 66.7 Å². The molecule has 1 fully saturated rings. The number of likely N-dealkylation sites (N-methyl/N-ethyl adjacent to an activating group) is 2. The van der Waals surface area contributed by atoms with E-state index < -0.39 is 36.1 Å². The summed E-state index contributed by atoms with van der Waals surface area (Å²) < 4.78 is 18.3. The number of halogens is 1. The number of nitrogens with zero attached hydrogens (tertiary/aromatic N) is 4. The summed E-state index contributed by atoms with van der Waals surface area (Å²) in [4.78, 5) is 91.6. The van der Waals surface area contributed by atoms with Gasteiger partial charge in [-0.05, 0) is 128 Å². The Hall–Kier alpha value is -7.69. The fraction of sp³-hybridized carbons (Fsp3) is 0.345.